The first-order valence-corrected chi connectivity index (χ1v) is 7.50. The molecule has 0 aromatic rings. The molecule has 0 bridgehead atoms. The number of aliphatic imine (C=N–C) groups is 1. The van der Waals surface area contributed by atoms with Gasteiger partial charge in [-0.2, -0.15) is 0 Å². The number of aliphatic hydroxyl groups excluding tert-OH is 1. The summed E-state index contributed by atoms with van der Waals surface area (Å²) in [5, 5.41) is 29.1. The van der Waals surface area contributed by atoms with Crippen LogP contribution in [0.5, 0.6) is 0 Å². The molecule has 122 valence electrons. The molecule has 0 radical (unpaired) electrons. The van der Waals surface area contributed by atoms with Gasteiger partial charge in [-0.05, 0) is 25.2 Å². The van der Waals surface area contributed by atoms with E-state index in [0.29, 0.717) is 19.5 Å². The fraction of sp³-hybridized carbons (Fsp3) is 0.733. The van der Waals surface area contributed by atoms with Crippen LogP contribution in [0.2, 0.25) is 0 Å². The van der Waals surface area contributed by atoms with Gasteiger partial charge in [-0.3, -0.25) is 14.7 Å². The molecule has 0 saturated heterocycles. The van der Waals surface area contributed by atoms with Gasteiger partial charge in [-0.25, -0.2) is 0 Å². The number of rotatable bonds is 13. The van der Waals surface area contributed by atoms with E-state index < -0.39 is 5.97 Å². The molecule has 0 aliphatic carbocycles. The van der Waals surface area contributed by atoms with Crippen molar-refractivity contribution in [1.82, 2.24) is 4.90 Å². The SMILES string of the molecule is CCCC/C=C/CC([O-])=NCN(CCCO)CCC(=O)O.[Li+]. The summed E-state index contributed by atoms with van der Waals surface area (Å²) in [6, 6.07) is 0. The van der Waals surface area contributed by atoms with Crippen LogP contribution >= 0.6 is 0 Å². The molecular weight excluding hydrogens is 279 g/mol. The van der Waals surface area contributed by atoms with Crippen LogP contribution in [-0.2, 0) is 4.79 Å². The van der Waals surface area contributed by atoms with Crippen LogP contribution in [0.1, 0.15) is 45.4 Å². The van der Waals surface area contributed by atoms with E-state index in [9.17, 15) is 9.90 Å². The van der Waals surface area contributed by atoms with E-state index >= 15 is 0 Å². The monoisotopic (exact) mass is 306 g/mol. The number of unbranched alkanes of at least 4 members (excludes halogenated alkanes) is 2. The maximum absolute atomic E-state index is 11.6. The zero-order chi connectivity index (χ0) is 15.9. The summed E-state index contributed by atoms with van der Waals surface area (Å²) in [6.45, 7) is 3.21. The number of hydrogen-bond acceptors (Lipinski definition) is 5. The number of carboxylic acids is 1. The number of allylic oxidation sites excluding steroid dienone is 1. The van der Waals surface area contributed by atoms with Gasteiger partial charge >= 0.3 is 24.8 Å². The van der Waals surface area contributed by atoms with E-state index in [0.717, 1.165) is 19.3 Å². The van der Waals surface area contributed by atoms with Crippen LogP contribution in [0.3, 0.4) is 0 Å². The summed E-state index contributed by atoms with van der Waals surface area (Å²) in [4.78, 5) is 16.3. The molecule has 0 rings (SSSR count). The molecule has 6 nitrogen and oxygen atoms in total. The summed E-state index contributed by atoms with van der Waals surface area (Å²) in [6.07, 6.45) is 7.88. The molecule has 0 spiro atoms. The summed E-state index contributed by atoms with van der Waals surface area (Å²) in [5.74, 6) is -1.08. The zero-order valence-electron chi connectivity index (χ0n) is 13.8. The number of hydrogen-bond donors (Lipinski definition) is 2. The molecule has 0 fully saturated rings. The molecule has 0 aromatic heterocycles. The van der Waals surface area contributed by atoms with Crippen molar-refractivity contribution < 1.29 is 39.0 Å². The second-order valence-corrected chi connectivity index (χ2v) is 4.85. The Balaban J connectivity index is 0. The summed E-state index contributed by atoms with van der Waals surface area (Å²) in [5.41, 5.74) is 0. The van der Waals surface area contributed by atoms with E-state index in [2.05, 4.69) is 11.9 Å². The molecule has 7 heteroatoms. The maximum atomic E-state index is 11.6. The maximum Gasteiger partial charge on any atom is 1.00 e. The van der Waals surface area contributed by atoms with Crippen molar-refractivity contribution in [2.24, 2.45) is 4.99 Å². The topological polar surface area (TPSA) is 96.2 Å². The Morgan fingerprint density at radius 2 is 2.00 bits per heavy atom. The molecular formula is C15H27LiN2O4. The first-order chi connectivity index (χ1) is 10.1. The largest absolute Gasteiger partial charge is 1.00 e. The first kappa shape index (κ1) is 23.5. The van der Waals surface area contributed by atoms with Crippen molar-refractivity contribution in [3.8, 4) is 0 Å². The summed E-state index contributed by atoms with van der Waals surface area (Å²) >= 11 is 0. The molecule has 0 heterocycles. The van der Waals surface area contributed by atoms with Crippen molar-refractivity contribution in [2.75, 3.05) is 26.4 Å². The molecule has 0 amide bonds. The fourth-order valence-electron chi connectivity index (χ4n) is 1.67. The van der Waals surface area contributed by atoms with E-state index in [1.165, 1.54) is 0 Å². The third kappa shape index (κ3) is 15.6. The first-order valence-electron chi connectivity index (χ1n) is 7.50. The van der Waals surface area contributed by atoms with Crippen LogP contribution in [0.4, 0.5) is 0 Å². The van der Waals surface area contributed by atoms with Crippen LogP contribution in [0.15, 0.2) is 17.1 Å². The number of aliphatic carboxylic acids is 1. The van der Waals surface area contributed by atoms with Crippen LogP contribution in [0, 0.1) is 0 Å². The molecule has 0 aliphatic rings. The second-order valence-electron chi connectivity index (χ2n) is 4.85. The normalized spacial score (nSPS) is 11.9. The smallest absolute Gasteiger partial charge is 0.862 e. The van der Waals surface area contributed by atoms with Crippen LogP contribution < -0.4 is 24.0 Å². The molecule has 0 aliphatic heterocycles. The van der Waals surface area contributed by atoms with Crippen molar-refractivity contribution in [3.05, 3.63) is 12.2 Å². The van der Waals surface area contributed by atoms with Gasteiger partial charge < -0.3 is 15.3 Å². The summed E-state index contributed by atoms with van der Waals surface area (Å²) in [7, 11) is 0. The number of carboxylic acid groups (broad SMARTS) is 1. The van der Waals surface area contributed by atoms with E-state index in [4.69, 9.17) is 10.2 Å². The zero-order valence-corrected chi connectivity index (χ0v) is 13.8. The molecule has 2 N–H and O–H groups in total. The van der Waals surface area contributed by atoms with Gasteiger partial charge in [-0.15, -0.1) is 0 Å². The number of nitrogens with zero attached hydrogens (tertiary/aromatic N) is 2. The Bertz CT molecular complexity index is 336. The Labute approximate surface area is 145 Å². The average molecular weight is 306 g/mol. The molecule has 0 atom stereocenters. The second kappa shape index (κ2) is 16.6. The number of carbonyl (C=O) groups is 1. The van der Waals surface area contributed by atoms with Crippen LogP contribution in [0.25, 0.3) is 0 Å². The predicted octanol–water partition coefficient (Wildman–Crippen LogP) is -2.00. The van der Waals surface area contributed by atoms with Crippen molar-refractivity contribution in [3.63, 3.8) is 0 Å². The average Bonchev–Trinajstić information content (AvgIpc) is 2.46. The van der Waals surface area contributed by atoms with Gasteiger partial charge in [0.05, 0.1) is 13.1 Å². The van der Waals surface area contributed by atoms with Gasteiger partial charge in [-0.1, -0.05) is 31.9 Å². The van der Waals surface area contributed by atoms with E-state index in [1.807, 2.05) is 12.2 Å². The fourth-order valence-corrected chi connectivity index (χ4v) is 1.67. The Morgan fingerprint density at radius 1 is 1.27 bits per heavy atom. The molecule has 0 aromatic carbocycles. The van der Waals surface area contributed by atoms with Crippen LogP contribution in [-0.4, -0.2) is 53.3 Å². The minimum absolute atomic E-state index is 0. The van der Waals surface area contributed by atoms with Gasteiger partial charge in [0.1, 0.15) is 0 Å². The molecule has 22 heavy (non-hydrogen) atoms. The minimum atomic E-state index is -0.880. The van der Waals surface area contributed by atoms with Crippen molar-refractivity contribution in [2.45, 2.75) is 45.4 Å². The quantitative estimate of drug-likeness (QED) is 0.135. The van der Waals surface area contributed by atoms with Crippen molar-refractivity contribution >= 4 is 11.9 Å². The third-order valence-corrected chi connectivity index (χ3v) is 2.90. The third-order valence-electron chi connectivity index (χ3n) is 2.90. The summed E-state index contributed by atoms with van der Waals surface area (Å²) < 4.78 is 0. The Kier molecular flexibility index (Phi) is 17.7. The van der Waals surface area contributed by atoms with Gasteiger partial charge in [0.15, 0.2) is 0 Å². The Hall–Kier alpha value is -0.803. The minimum Gasteiger partial charge on any atom is -0.862 e. The van der Waals surface area contributed by atoms with E-state index in [1.54, 1.807) is 4.90 Å². The van der Waals surface area contributed by atoms with Crippen molar-refractivity contribution in [1.29, 1.82) is 0 Å². The number of aliphatic hydroxyl groups is 1. The van der Waals surface area contributed by atoms with Gasteiger partial charge in [0.2, 0.25) is 0 Å². The predicted molar refractivity (Wildman–Crippen MR) is 81.1 cm³/mol. The van der Waals surface area contributed by atoms with Gasteiger partial charge in [0.25, 0.3) is 0 Å². The molecule has 0 saturated carbocycles. The standard InChI is InChI=1S/C15H28N2O4.Li/c1-2-3-4-5-6-8-14(19)16-13-17(10-7-12-18)11-9-15(20)21;/h5-6,18H,2-4,7-13H2,1H3,(H,16,19)(H,20,21);/q;+1/p-1/b6-5+;. The van der Waals surface area contributed by atoms with E-state index in [-0.39, 0.29) is 50.9 Å². The van der Waals surface area contributed by atoms with Gasteiger partial charge in [0, 0.05) is 19.7 Å². The Morgan fingerprint density at radius 3 is 2.59 bits per heavy atom. The molecule has 0 unspecified atom stereocenters.